The second-order valence-electron chi connectivity index (χ2n) is 3.76. The zero-order valence-corrected chi connectivity index (χ0v) is 11.4. The zero-order chi connectivity index (χ0) is 12.3. The predicted molar refractivity (Wildman–Crippen MR) is 71.2 cm³/mol. The Morgan fingerprint density at radius 1 is 1.41 bits per heavy atom. The largest absolute Gasteiger partial charge is 0.497 e. The third-order valence-electron chi connectivity index (χ3n) is 2.36. The summed E-state index contributed by atoms with van der Waals surface area (Å²) in [5.74, 6) is 0.827. The van der Waals surface area contributed by atoms with E-state index in [1.807, 2.05) is 37.6 Å². The molecule has 0 saturated carbocycles. The number of nitrogens with zero attached hydrogens (tertiary/aromatic N) is 2. The number of rotatable bonds is 4. The van der Waals surface area contributed by atoms with Crippen LogP contribution in [0.25, 0.3) is 0 Å². The maximum Gasteiger partial charge on any atom is 0.122 e. The number of benzene rings is 1. The van der Waals surface area contributed by atoms with E-state index in [0.29, 0.717) is 0 Å². The molecule has 0 aliphatic heterocycles. The maximum absolute atomic E-state index is 5.21. The van der Waals surface area contributed by atoms with Gasteiger partial charge in [0.2, 0.25) is 0 Å². The minimum atomic E-state index is 0.743. The molecule has 0 fully saturated rings. The van der Waals surface area contributed by atoms with Crippen molar-refractivity contribution in [3.63, 3.8) is 0 Å². The lowest BCUT2D eigenvalue weighted by atomic mass is 10.3. The Kier molecular flexibility index (Phi) is 3.68. The smallest absolute Gasteiger partial charge is 0.122 e. The van der Waals surface area contributed by atoms with Gasteiger partial charge in [0, 0.05) is 41.6 Å². The van der Waals surface area contributed by atoms with Crippen LogP contribution in [0.3, 0.4) is 0 Å². The second-order valence-corrected chi connectivity index (χ2v) is 4.67. The van der Waals surface area contributed by atoms with E-state index in [4.69, 9.17) is 4.74 Å². The summed E-state index contributed by atoms with van der Waals surface area (Å²) >= 11 is 3.45. The number of halogens is 1. The lowest BCUT2D eigenvalue weighted by Crippen LogP contribution is -1.98. The molecule has 0 unspecified atom stereocenters. The molecule has 0 saturated heterocycles. The molecule has 0 amide bonds. The van der Waals surface area contributed by atoms with Crippen molar-refractivity contribution in [2.75, 3.05) is 12.4 Å². The van der Waals surface area contributed by atoms with Crippen LogP contribution in [0.4, 0.5) is 5.69 Å². The topological polar surface area (TPSA) is 39.1 Å². The molecular formula is C12H14BrN3O. The van der Waals surface area contributed by atoms with Crippen molar-refractivity contribution in [1.82, 2.24) is 9.78 Å². The van der Waals surface area contributed by atoms with Gasteiger partial charge in [-0.3, -0.25) is 4.68 Å². The monoisotopic (exact) mass is 295 g/mol. The number of methoxy groups -OCH3 is 1. The molecule has 0 aliphatic rings. The average molecular weight is 296 g/mol. The lowest BCUT2D eigenvalue weighted by molar-refractivity contribution is 0.414. The second kappa shape index (κ2) is 5.23. The molecule has 0 atom stereocenters. The SMILES string of the molecule is COc1cc(Br)cc(NCc2cnn(C)c2)c1. The summed E-state index contributed by atoms with van der Waals surface area (Å²) < 4.78 is 7.99. The van der Waals surface area contributed by atoms with Gasteiger partial charge in [-0.25, -0.2) is 0 Å². The molecule has 0 radical (unpaired) electrons. The van der Waals surface area contributed by atoms with Crippen molar-refractivity contribution in [2.24, 2.45) is 7.05 Å². The first-order chi connectivity index (χ1) is 8.17. The molecule has 1 N–H and O–H groups in total. The summed E-state index contributed by atoms with van der Waals surface area (Å²) in [6.45, 7) is 0.743. The fraction of sp³-hybridized carbons (Fsp3) is 0.250. The van der Waals surface area contributed by atoms with Gasteiger partial charge in [0.25, 0.3) is 0 Å². The van der Waals surface area contributed by atoms with E-state index in [9.17, 15) is 0 Å². The first-order valence-corrected chi connectivity index (χ1v) is 6.02. The number of aromatic nitrogens is 2. The quantitative estimate of drug-likeness (QED) is 0.943. The molecule has 17 heavy (non-hydrogen) atoms. The molecule has 5 heteroatoms. The van der Waals surface area contributed by atoms with E-state index in [1.165, 1.54) is 0 Å². The minimum absolute atomic E-state index is 0.743. The van der Waals surface area contributed by atoms with Gasteiger partial charge in [0.1, 0.15) is 5.75 Å². The molecule has 2 aromatic rings. The van der Waals surface area contributed by atoms with E-state index < -0.39 is 0 Å². The van der Waals surface area contributed by atoms with Crippen molar-refractivity contribution in [3.05, 3.63) is 40.6 Å². The fourth-order valence-electron chi connectivity index (χ4n) is 1.55. The molecule has 1 aromatic carbocycles. The van der Waals surface area contributed by atoms with Crippen molar-refractivity contribution in [2.45, 2.75) is 6.54 Å². The van der Waals surface area contributed by atoms with Gasteiger partial charge in [0.15, 0.2) is 0 Å². The van der Waals surface area contributed by atoms with Gasteiger partial charge in [-0.2, -0.15) is 5.10 Å². The van der Waals surface area contributed by atoms with Crippen molar-refractivity contribution < 1.29 is 4.74 Å². The van der Waals surface area contributed by atoms with Crippen LogP contribution in [0.5, 0.6) is 5.75 Å². The van der Waals surface area contributed by atoms with Crippen LogP contribution in [0.15, 0.2) is 35.1 Å². The summed E-state index contributed by atoms with van der Waals surface area (Å²) in [5, 5.41) is 7.45. The highest BCUT2D eigenvalue weighted by molar-refractivity contribution is 9.10. The first-order valence-electron chi connectivity index (χ1n) is 5.23. The number of nitrogens with one attached hydrogen (secondary N) is 1. The third kappa shape index (κ3) is 3.23. The van der Waals surface area contributed by atoms with Gasteiger partial charge >= 0.3 is 0 Å². The van der Waals surface area contributed by atoms with Crippen molar-refractivity contribution >= 4 is 21.6 Å². The van der Waals surface area contributed by atoms with Crippen LogP contribution in [0, 0.1) is 0 Å². The Bertz CT molecular complexity index is 510. The molecule has 1 aromatic heterocycles. The Morgan fingerprint density at radius 3 is 2.88 bits per heavy atom. The van der Waals surface area contributed by atoms with E-state index in [-0.39, 0.29) is 0 Å². The van der Waals surface area contributed by atoms with Gasteiger partial charge < -0.3 is 10.1 Å². The third-order valence-corrected chi connectivity index (χ3v) is 2.82. The molecule has 1 heterocycles. The standard InChI is InChI=1S/C12H14BrN3O/c1-16-8-9(7-15-16)6-14-11-3-10(13)4-12(5-11)17-2/h3-5,7-8,14H,6H2,1-2H3. The lowest BCUT2D eigenvalue weighted by Gasteiger charge is -2.08. The minimum Gasteiger partial charge on any atom is -0.497 e. The first kappa shape index (κ1) is 12.0. The summed E-state index contributed by atoms with van der Waals surface area (Å²) in [4.78, 5) is 0. The van der Waals surface area contributed by atoms with Gasteiger partial charge in [-0.15, -0.1) is 0 Å². The molecular weight excluding hydrogens is 282 g/mol. The van der Waals surface area contributed by atoms with E-state index >= 15 is 0 Å². The summed E-state index contributed by atoms with van der Waals surface area (Å²) in [6.07, 6.45) is 3.84. The summed E-state index contributed by atoms with van der Waals surface area (Å²) in [5.41, 5.74) is 2.16. The molecule has 2 rings (SSSR count). The number of hydrogen-bond acceptors (Lipinski definition) is 3. The molecule has 90 valence electrons. The zero-order valence-electron chi connectivity index (χ0n) is 9.77. The van der Waals surface area contributed by atoms with Gasteiger partial charge in [0.05, 0.1) is 13.3 Å². The van der Waals surface area contributed by atoms with E-state index in [1.54, 1.807) is 11.8 Å². The van der Waals surface area contributed by atoms with Crippen LogP contribution < -0.4 is 10.1 Å². The normalized spacial score (nSPS) is 10.3. The molecule has 0 bridgehead atoms. The van der Waals surface area contributed by atoms with Crippen LogP contribution in [-0.2, 0) is 13.6 Å². The molecule has 4 nitrogen and oxygen atoms in total. The summed E-state index contributed by atoms with van der Waals surface area (Å²) in [7, 11) is 3.57. The Labute approximate surface area is 109 Å². The highest BCUT2D eigenvalue weighted by Gasteiger charge is 2.00. The Hall–Kier alpha value is -1.49. The van der Waals surface area contributed by atoms with Crippen LogP contribution in [0.2, 0.25) is 0 Å². The average Bonchev–Trinajstić information content (AvgIpc) is 2.72. The van der Waals surface area contributed by atoms with E-state index in [0.717, 1.165) is 28.0 Å². The number of anilines is 1. The predicted octanol–water partition coefficient (Wildman–Crippen LogP) is 2.80. The maximum atomic E-state index is 5.21. The molecule has 0 spiro atoms. The van der Waals surface area contributed by atoms with Gasteiger partial charge in [-0.1, -0.05) is 15.9 Å². The fourth-order valence-corrected chi connectivity index (χ4v) is 2.02. The van der Waals surface area contributed by atoms with E-state index in [2.05, 4.69) is 26.3 Å². The number of hydrogen-bond donors (Lipinski definition) is 1. The Balaban J connectivity index is 2.05. The van der Waals surface area contributed by atoms with Crippen LogP contribution in [-0.4, -0.2) is 16.9 Å². The Morgan fingerprint density at radius 2 is 2.24 bits per heavy atom. The molecule has 0 aliphatic carbocycles. The van der Waals surface area contributed by atoms with Gasteiger partial charge in [-0.05, 0) is 12.1 Å². The van der Waals surface area contributed by atoms with Crippen LogP contribution >= 0.6 is 15.9 Å². The highest BCUT2D eigenvalue weighted by Crippen LogP contribution is 2.24. The number of aryl methyl sites for hydroxylation is 1. The van der Waals surface area contributed by atoms with Crippen molar-refractivity contribution in [3.8, 4) is 5.75 Å². The summed E-state index contributed by atoms with van der Waals surface area (Å²) in [6, 6.07) is 5.90. The van der Waals surface area contributed by atoms with Crippen molar-refractivity contribution in [1.29, 1.82) is 0 Å². The van der Waals surface area contributed by atoms with Crippen LogP contribution in [0.1, 0.15) is 5.56 Å². The highest BCUT2D eigenvalue weighted by atomic mass is 79.9. The number of ether oxygens (including phenoxy) is 1.